The zero-order valence-electron chi connectivity index (χ0n) is 16.5. The molecule has 2 rings (SSSR count). The second kappa shape index (κ2) is 12.6. The van der Waals surface area contributed by atoms with E-state index in [4.69, 9.17) is 4.74 Å². The summed E-state index contributed by atoms with van der Waals surface area (Å²) in [6.07, 6.45) is -0.621. The average molecular weight is 501 g/mol. The molecule has 3 N–H and O–H groups in total. The van der Waals surface area contributed by atoms with Crippen LogP contribution in [-0.4, -0.2) is 30.3 Å². The van der Waals surface area contributed by atoms with Crippen molar-refractivity contribution in [3.8, 4) is 5.75 Å². The molecule has 0 saturated heterocycles. The quantitative estimate of drug-likeness (QED) is 0.291. The molecule has 2 aromatic carbocycles. The summed E-state index contributed by atoms with van der Waals surface area (Å²) in [6, 6.07) is 13.7. The Labute approximate surface area is 183 Å². The maximum absolute atomic E-state index is 13.0. The van der Waals surface area contributed by atoms with Gasteiger partial charge in [0.15, 0.2) is 5.96 Å². The van der Waals surface area contributed by atoms with Crippen molar-refractivity contribution >= 4 is 29.9 Å². The van der Waals surface area contributed by atoms with E-state index in [1.807, 2.05) is 45.0 Å². The first-order valence-electron chi connectivity index (χ1n) is 9.19. The molecule has 0 saturated carbocycles. The Hall–Kier alpha value is -1.87. The molecular weight excluding hydrogens is 472 g/mol. The van der Waals surface area contributed by atoms with E-state index >= 15 is 0 Å². The van der Waals surface area contributed by atoms with E-state index in [2.05, 4.69) is 15.6 Å². The van der Waals surface area contributed by atoms with E-state index in [0.29, 0.717) is 25.6 Å². The van der Waals surface area contributed by atoms with Gasteiger partial charge in [-0.2, -0.15) is 0 Å². The largest absolute Gasteiger partial charge is 0.491 e. The highest BCUT2D eigenvalue weighted by atomic mass is 127. The summed E-state index contributed by atoms with van der Waals surface area (Å²) in [5.41, 5.74) is 1.68. The van der Waals surface area contributed by atoms with E-state index in [-0.39, 0.29) is 35.9 Å². The number of guanidine groups is 1. The highest BCUT2D eigenvalue weighted by molar-refractivity contribution is 14.0. The smallest absolute Gasteiger partial charge is 0.191 e. The number of ether oxygens (including phenoxy) is 1. The molecular formula is C21H29FIN3O2. The van der Waals surface area contributed by atoms with Crippen LogP contribution in [0.1, 0.15) is 38.0 Å². The molecule has 5 nitrogen and oxygen atoms in total. The SMILES string of the molecule is CCNC(=NCc1ccc(F)cc1)NCC(O)c1cccc(OC(C)C)c1.I. The lowest BCUT2D eigenvalue weighted by Crippen LogP contribution is -2.39. The highest BCUT2D eigenvalue weighted by Gasteiger charge is 2.10. The molecule has 154 valence electrons. The summed E-state index contributed by atoms with van der Waals surface area (Å²) >= 11 is 0. The van der Waals surface area contributed by atoms with Gasteiger partial charge in [0, 0.05) is 13.1 Å². The normalized spacial score (nSPS) is 12.3. The minimum atomic E-state index is -0.699. The van der Waals surface area contributed by atoms with Gasteiger partial charge >= 0.3 is 0 Å². The number of nitrogens with one attached hydrogen (secondary N) is 2. The van der Waals surface area contributed by atoms with Crippen LogP contribution in [0.4, 0.5) is 4.39 Å². The second-order valence-corrected chi connectivity index (χ2v) is 6.46. The number of benzene rings is 2. The Morgan fingerprint density at radius 1 is 1.14 bits per heavy atom. The standard InChI is InChI=1S/C21H28FN3O2.HI/c1-4-23-21(24-13-16-8-10-18(22)11-9-16)25-14-20(26)17-6-5-7-19(12-17)27-15(2)3;/h5-12,15,20,26H,4,13-14H2,1-3H3,(H2,23,24,25);1H. The molecule has 2 aromatic rings. The van der Waals surface area contributed by atoms with Crippen LogP contribution >= 0.6 is 24.0 Å². The number of halogens is 2. The molecule has 0 aliphatic rings. The number of aliphatic hydroxyl groups excluding tert-OH is 1. The summed E-state index contributed by atoms with van der Waals surface area (Å²) < 4.78 is 18.6. The first-order valence-corrected chi connectivity index (χ1v) is 9.19. The maximum Gasteiger partial charge on any atom is 0.191 e. The van der Waals surface area contributed by atoms with Crippen molar-refractivity contribution in [2.45, 2.75) is 39.5 Å². The average Bonchev–Trinajstić information content (AvgIpc) is 2.64. The van der Waals surface area contributed by atoms with Crippen molar-refractivity contribution in [1.82, 2.24) is 10.6 Å². The van der Waals surface area contributed by atoms with Gasteiger partial charge in [-0.3, -0.25) is 0 Å². The lowest BCUT2D eigenvalue weighted by molar-refractivity contribution is 0.179. The summed E-state index contributed by atoms with van der Waals surface area (Å²) in [5.74, 6) is 1.06. The Morgan fingerprint density at radius 2 is 1.86 bits per heavy atom. The van der Waals surface area contributed by atoms with Gasteiger partial charge in [0.25, 0.3) is 0 Å². The predicted octanol–water partition coefficient (Wildman–Crippen LogP) is 4.02. The molecule has 0 radical (unpaired) electrons. The van der Waals surface area contributed by atoms with E-state index in [0.717, 1.165) is 16.9 Å². The van der Waals surface area contributed by atoms with Crippen molar-refractivity contribution in [2.75, 3.05) is 13.1 Å². The van der Waals surface area contributed by atoms with E-state index in [1.165, 1.54) is 12.1 Å². The molecule has 0 spiro atoms. The van der Waals surface area contributed by atoms with Crippen LogP contribution in [0.25, 0.3) is 0 Å². The zero-order chi connectivity index (χ0) is 19.6. The van der Waals surface area contributed by atoms with Crippen LogP contribution in [0, 0.1) is 5.82 Å². The van der Waals surface area contributed by atoms with Crippen molar-refractivity contribution in [3.05, 3.63) is 65.5 Å². The van der Waals surface area contributed by atoms with Crippen LogP contribution in [0.5, 0.6) is 5.75 Å². The number of hydrogen-bond acceptors (Lipinski definition) is 3. The fraction of sp³-hybridized carbons (Fsp3) is 0.381. The molecule has 0 aromatic heterocycles. The molecule has 0 aliphatic heterocycles. The number of rotatable bonds is 8. The van der Waals surface area contributed by atoms with E-state index in [1.54, 1.807) is 12.1 Å². The summed E-state index contributed by atoms with van der Waals surface area (Å²) in [7, 11) is 0. The first kappa shape index (κ1) is 24.2. The molecule has 0 aliphatic carbocycles. The minimum absolute atomic E-state index is 0. The van der Waals surface area contributed by atoms with Crippen molar-refractivity contribution < 1.29 is 14.2 Å². The maximum atomic E-state index is 13.0. The Kier molecular flexibility index (Phi) is 10.8. The third-order valence-corrected chi connectivity index (χ3v) is 3.75. The Morgan fingerprint density at radius 3 is 2.50 bits per heavy atom. The van der Waals surface area contributed by atoms with Crippen LogP contribution < -0.4 is 15.4 Å². The number of hydrogen-bond donors (Lipinski definition) is 3. The molecule has 0 heterocycles. The lowest BCUT2D eigenvalue weighted by atomic mass is 10.1. The molecule has 28 heavy (non-hydrogen) atoms. The molecule has 0 fully saturated rings. The van der Waals surface area contributed by atoms with Gasteiger partial charge in [-0.05, 0) is 56.2 Å². The van der Waals surface area contributed by atoms with Gasteiger partial charge in [-0.15, -0.1) is 24.0 Å². The Balaban J connectivity index is 0.00000392. The van der Waals surface area contributed by atoms with Crippen LogP contribution in [-0.2, 0) is 6.54 Å². The molecule has 7 heteroatoms. The molecule has 0 amide bonds. The highest BCUT2D eigenvalue weighted by Crippen LogP contribution is 2.19. The van der Waals surface area contributed by atoms with Crippen LogP contribution in [0.3, 0.4) is 0 Å². The van der Waals surface area contributed by atoms with Gasteiger partial charge in [0.1, 0.15) is 11.6 Å². The molecule has 0 bridgehead atoms. The van der Waals surface area contributed by atoms with Crippen molar-refractivity contribution in [1.29, 1.82) is 0 Å². The van der Waals surface area contributed by atoms with Gasteiger partial charge < -0.3 is 20.5 Å². The lowest BCUT2D eigenvalue weighted by Gasteiger charge is -2.17. The topological polar surface area (TPSA) is 65.9 Å². The van der Waals surface area contributed by atoms with E-state index < -0.39 is 6.10 Å². The van der Waals surface area contributed by atoms with Crippen LogP contribution in [0.15, 0.2) is 53.5 Å². The number of aliphatic imine (C=N–C) groups is 1. The summed E-state index contributed by atoms with van der Waals surface area (Å²) in [6.45, 7) is 7.32. The van der Waals surface area contributed by atoms with Crippen molar-refractivity contribution in [3.63, 3.8) is 0 Å². The third kappa shape index (κ3) is 8.43. The van der Waals surface area contributed by atoms with Gasteiger partial charge in [0.05, 0.1) is 18.8 Å². The monoisotopic (exact) mass is 501 g/mol. The van der Waals surface area contributed by atoms with Gasteiger partial charge in [-0.1, -0.05) is 24.3 Å². The summed E-state index contributed by atoms with van der Waals surface area (Å²) in [5, 5.41) is 16.7. The number of aliphatic hydroxyl groups is 1. The summed E-state index contributed by atoms with van der Waals surface area (Å²) in [4.78, 5) is 4.47. The zero-order valence-corrected chi connectivity index (χ0v) is 18.8. The van der Waals surface area contributed by atoms with Crippen molar-refractivity contribution in [2.24, 2.45) is 4.99 Å². The first-order chi connectivity index (χ1) is 13.0. The second-order valence-electron chi connectivity index (χ2n) is 6.46. The number of nitrogens with zero attached hydrogens (tertiary/aromatic N) is 1. The predicted molar refractivity (Wildman–Crippen MR) is 122 cm³/mol. The Bertz CT molecular complexity index is 739. The van der Waals surface area contributed by atoms with Crippen LogP contribution in [0.2, 0.25) is 0 Å². The fourth-order valence-electron chi connectivity index (χ4n) is 2.48. The molecule has 1 unspecified atom stereocenters. The minimum Gasteiger partial charge on any atom is -0.491 e. The van der Waals surface area contributed by atoms with Gasteiger partial charge in [0.2, 0.25) is 0 Å². The fourth-order valence-corrected chi connectivity index (χ4v) is 2.48. The molecule has 1 atom stereocenters. The van der Waals surface area contributed by atoms with Gasteiger partial charge in [-0.25, -0.2) is 9.38 Å². The third-order valence-electron chi connectivity index (χ3n) is 3.75. The van der Waals surface area contributed by atoms with E-state index in [9.17, 15) is 9.50 Å².